The van der Waals surface area contributed by atoms with Crippen molar-refractivity contribution in [2.24, 2.45) is 5.73 Å². The summed E-state index contributed by atoms with van der Waals surface area (Å²) in [5, 5.41) is 0. The van der Waals surface area contributed by atoms with Crippen molar-refractivity contribution in [3.05, 3.63) is 58.8 Å². The number of benzene rings is 1. The summed E-state index contributed by atoms with van der Waals surface area (Å²) in [5.41, 5.74) is 5.51. The highest BCUT2D eigenvalue weighted by atomic mass is 16.1. The fraction of sp³-hybridized carbons (Fsp3) is 0. The van der Waals surface area contributed by atoms with Gasteiger partial charge in [-0.2, -0.15) is 0 Å². The van der Waals surface area contributed by atoms with Gasteiger partial charge in [0.2, 0.25) is 0 Å². The summed E-state index contributed by atoms with van der Waals surface area (Å²) in [7, 11) is 0. The summed E-state index contributed by atoms with van der Waals surface area (Å²) in [6.07, 6.45) is 2.55. The maximum Gasteiger partial charge on any atom is 0.352 e. The van der Waals surface area contributed by atoms with Crippen LogP contribution in [-0.4, -0.2) is 15.5 Å². The molecule has 2 rings (SSSR count). The summed E-state index contributed by atoms with van der Waals surface area (Å²) in [6.45, 7) is 0. The molecular weight excluding hydrogens is 206 g/mol. The fourth-order valence-electron chi connectivity index (χ4n) is 1.32. The molecule has 0 saturated carbocycles. The van der Waals surface area contributed by atoms with Crippen LogP contribution < -0.4 is 11.4 Å². The van der Waals surface area contributed by atoms with Gasteiger partial charge in [0.15, 0.2) is 0 Å². The number of nitrogens with two attached hydrogens (primary N) is 1. The first-order chi connectivity index (χ1) is 7.68. The summed E-state index contributed by atoms with van der Waals surface area (Å²) in [5.74, 6) is -0.614. The van der Waals surface area contributed by atoms with Crippen LogP contribution in [0.5, 0.6) is 0 Å². The number of aromatic nitrogens is 2. The largest absolute Gasteiger partial charge is 0.366 e. The van der Waals surface area contributed by atoms with Crippen LogP contribution in [0, 0.1) is 0 Å². The Morgan fingerprint density at radius 1 is 1.25 bits per heavy atom. The van der Waals surface area contributed by atoms with Crippen molar-refractivity contribution in [3.63, 3.8) is 0 Å². The average molecular weight is 215 g/mol. The van der Waals surface area contributed by atoms with E-state index in [0.717, 1.165) is 0 Å². The number of rotatable bonds is 2. The van der Waals surface area contributed by atoms with Crippen LogP contribution in [0.25, 0.3) is 5.69 Å². The molecule has 1 aromatic carbocycles. The van der Waals surface area contributed by atoms with E-state index in [-0.39, 0.29) is 5.56 Å². The normalized spacial score (nSPS) is 10.0. The van der Waals surface area contributed by atoms with Crippen LogP contribution in [0.15, 0.2) is 47.5 Å². The molecule has 16 heavy (non-hydrogen) atoms. The first-order valence-electron chi connectivity index (χ1n) is 4.62. The molecule has 1 heterocycles. The second-order valence-corrected chi connectivity index (χ2v) is 3.20. The van der Waals surface area contributed by atoms with Crippen molar-refractivity contribution in [3.8, 4) is 5.69 Å². The van der Waals surface area contributed by atoms with Crippen LogP contribution >= 0.6 is 0 Å². The van der Waals surface area contributed by atoms with Gasteiger partial charge in [-0.15, -0.1) is 0 Å². The second-order valence-electron chi connectivity index (χ2n) is 3.20. The Labute approximate surface area is 91.2 Å². The standard InChI is InChI=1S/C11H9N3O2/c12-10(15)8-6-13-11(16)14(7-8)9-4-2-1-3-5-9/h1-7H,(H2,12,15). The minimum Gasteiger partial charge on any atom is -0.366 e. The zero-order valence-electron chi connectivity index (χ0n) is 8.33. The third kappa shape index (κ3) is 1.83. The van der Waals surface area contributed by atoms with E-state index in [1.165, 1.54) is 17.0 Å². The Morgan fingerprint density at radius 3 is 2.56 bits per heavy atom. The summed E-state index contributed by atoms with van der Waals surface area (Å²) in [4.78, 5) is 26.0. The van der Waals surface area contributed by atoms with E-state index >= 15 is 0 Å². The number of para-hydroxylation sites is 1. The number of carbonyl (C=O) groups is 1. The Kier molecular flexibility index (Phi) is 2.51. The molecule has 5 nitrogen and oxygen atoms in total. The zero-order valence-corrected chi connectivity index (χ0v) is 8.33. The molecule has 2 aromatic rings. The Bertz CT molecular complexity index is 575. The second kappa shape index (κ2) is 3.98. The van der Waals surface area contributed by atoms with Gasteiger partial charge in [0.25, 0.3) is 5.91 Å². The number of carbonyl (C=O) groups excluding carboxylic acids is 1. The monoisotopic (exact) mass is 215 g/mol. The number of hydrogen-bond acceptors (Lipinski definition) is 3. The van der Waals surface area contributed by atoms with Crippen molar-refractivity contribution < 1.29 is 4.79 Å². The van der Waals surface area contributed by atoms with Crippen molar-refractivity contribution >= 4 is 5.91 Å². The van der Waals surface area contributed by atoms with E-state index in [2.05, 4.69) is 4.98 Å². The number of primary amides is 1. The molecule has 80 valence electrons. The van der Waals surface area contributed by atoms with Gasteiger partial charge >= 0.3 is 5.69 Å². The van der Waals surface area contributed by atoms with Gasteiger partial charge < -0.3 is 5.73 Å². The highest BCUT2D eigenvalue weighted by Crippen LogP contribution is 2.04. The number of amides is 1. The van der Waals surface area contributed by atoms with Crippen LogP contribution in [0.3, 0.4) is 0 Å². The molecule has 0 atom stereocenters. The SMILES string of the molecule is NC(=O)c1cnc(=O)n(-c2ccccc2)c1. The third-order valence-electron chi connectivity index (χ3n) is 2.11. The average Bonchev–Trinajstić information content (AvgIpc) is 2.30. The van der Waals surface area contributed by atoms with E-state index in [0.29, 0.717) is 5.69 Å². The quantitative estimate of drug-likeness (QED) is 0.784. The molecule has 0 bridgehead atoms. The number of nitrogens with zero attached hydrogens (tertiary/aromatic N) is 2. The zero-order chi connectivity index (χ0) is 11.5. The van der Waals surface area contributed by atoms with Gasteiger partial charge in [-0.05, 0) is 12.1 Å². The third-order valence-corrected chi connectivity index (χ3v) is 2.11. The fourth-order valence-corrected chi connectivity index (χ4v) is 1.32. The molecule has 0 unspecified atom stereocenters. The van der Waals surface area contributed by atoms with Crippen LogP contribution in [0.2, 0.25) is 0 Å². The molecule has 5 heteroatoms. The van der Waals surface area contributed by atoms with E-state index in [4.69, 9.17) is 5.73 Å². The Morgan fingerprint density at radius 2 is 1.94 bits per heavy atom. The Balaban J connectivity index is 2.61. The maximum atomic E-state index is 11.5. The molecule has 1 amide bonds. The molecular formula is C11H9N3O2. The van der Waals surface area contributed by atoms with Crippen LogP contribution in [0.4, 0.5) is 0 Å². The first-order valence-corrected chi connectivity index (χ1v) is 4.62. The molecule has 0 fully saturated rings. The van der Waals surface area contributed by atoms with Crippen molar-refractivity contribution in [2.45, 2.75) is 0 Å². The van der Waals surface area contributed by atoms with Gasteiger partial charge in [-0.25, -0.2) is 9.78 Å². The highest BCUT2D eigenvalue weighted by Gasteiger charge is 2.05. The molecule has 0 radical (unpaired) electrons. The summed E-state index contributed by atoms with van der Waals surface area (Å²) >= 11 is 0. The molecule has 0 saturated heterocycles. The maximum absolute atomic E-state index is 11.5. The van der Waals surface area contributed by atoms with Crippen molar-refractivity contribution in [2.75, 3.05) is 0 Å². The number of hydrogen-bond donors (Lipinski definition) is 1. The highest BCUT2D eigenvalue weighted by molar-refractivity contribution is 5.92. The molecule has 0 aliphatic heterocycles. The predicted octanol–water partition coefficient (Wildman–Crippen LogP) is 0.331. The van der Waals surface area contributed by atoms with Crippen LogP contribution in [-0.2, 0) is 0 Å². The smallest absolute Gasteiger partial charge is 0.352 e. The van der Waals surface area contributed by atoms with E-state index in [1.54, 1.807) is 24.3 Å². The lowest BCUT2D eigenvalue weighted by atomic mass is 10.3. The topological polar surface area (TPSA) is 78.0 Å². The molecule has 1 aromatic heterocycles. The van der Waals surface area contributed by atoms with E-state index in [9.17, 15) is 9.59 Å². The van der Waals surface area contributed by atoms with Gasteiger partial charge in [-0.1, -0.05) is 18.2 Å². The molecule has 0 spiro atoms. The van der Waals surface area contributed by atoms with Crippen LogP contribution in [0.1, 0.15) is 10.4 Å². The van der Waals surface area contributed by atoms with Gasteiger partial charge in [0, 0.05) is 12.4 Å². The van der Waals surface area contributed by atoms with Gasteiger partial charge in [0.1, 0.15) is 0 Å². The molecule has 0 aliphatic rings. The Hall–Kier alpha value is -2.43. The lowest BCUT2D eigenvalue weighted by molar-refractivity contribution is 0.0999. The lowest BCUT2D eigenvalue weighted by Gasteiger charge is -2.05. The summed E-state index contributed by atoms with van der Waals surface area (Å²) in [6, 6.07) is 8.90. The van der Waals surface area contributed by atoms with E-state index < -0.39 is 11.6 Å². The van der Waals surface area contributed by atoms with Gasteiger partial charge in [0.05, 0.1) is 11.3 Å². The van der Waals surface area contributed by atoms with Gasteiger partial charge in [-0.3, -0.25) is 9.36 Å². The predicted molar refractivity (Wildman–Crippen MR) is 58.4 cm³/mol. The van der Waals surface area contributed by atoms with Crippen molar-refractivity contribution in [1.29, 1.82) is 0 Å². The minimum atomic E-state index is -0.614. The lowest BCUT2D eigenvalue weighted by Crippen LogP contribution is -2.24. The van der Waals surface area contributed by atoms with Crippen molar-refractivity contribution in [1.82, 2.24) is 9.55 Å². The van der Waals surface area contributed by atoms with E-state index in [1.807, 2.05) is 6.07 Å². The molecule has 0 aliphatic carbocycles. The molecule has 2 N–H and O–H groups in total. The minimum absolute atomic E-state index is 0.198. The summed E-state index contributed by atoms with van der Waals surface area (Å²) < 4.78 is 1.28. The first kappa shape index (κ1) is 10.1.